The van der Waals surface area contributed by atoms with Crippen LogP contribution in [-0.4, -0.2) is 6.54 Å². The van der Waals surface area contributed by atoms with Crippen LogP contribution in [0.2, 0.25) is 0 Å². The number of hydrogen-bond acceptors (Lipinski definition) is 3. The van der Waals surface area contributed by atoms with E-state index in [0.717, 1.165) is 18.0 Å². The van der Waals surface area contributed by atoms with Crippen molar-refractivity contribution in [2.45, 2.75) is 45.6 Å². The van der Waals surface area contributed by atoms with Crippen molar-refractivity contribution in [3.63, 3.8) is 0 Å². The first-order valence-corrected chi connectivity index (χ1v) is 7.29. The largest absolute Gasteiger partial charge is 0.311 e. The third-order valence-corrected chi connectivity index (χ3v) is 4.98. The van der Waals surface area contributed by atoms with E-state index in [4.69, 9.17) is 5.26 Å². The van der Waals surface area contributed by atoms with Crippen molar-refractivity contribution < 1.29 is 0 Å². The zero-order chi connectivity index (χ0) is 12.1. The Morgan fingerprint density at radius 2 is 2.18 bits per heavy atom. The second-order valence-corrected chi connectivity index (χ2v) is 6.21. The van der Waals surface area contributed by atoms with Crippen LogP contribution >= 0.6 is 11.3 Å². The summed E-state index contributed by atoms with van der Waals surface area (Å²) >= 11 is 1.60. The number of nitriles is 1. The first-order chi connectivity index (χ1) is 8.28. The molecule has 1 saturated carbocycles. The van der Waals surface area contributed by atoms with Crippen molar-refractivity contribution in [2.24, 2.45) is 5.41 Å². The van der Waals surface area contributed by atoms with E-state index in [1.807, 2.05) is 6.07 Å². The standard InChI is InChI=1S/C14H20N2S/c1-2-14(7-3-4-8-14)11-16-10-13-6-5-12(9-15)17-13/h5-6,16H,2-4,7-8,10-11H2,1H3. The van der Waals surface area contributed by atoms with Crippen LogP contribution in [0.25, 0.3) is 0 Å². The van der Waals surface area contributed by atoms with Gasteiger partial charge in [0.25, 0.3) is 0 Å². The Bertz CT molecular complexity index is 397. The molecular formula is C14H20N2S. The zero-order valence-corrected chi connectivity index (χ0v) is 11.3. The number of thiophene rings is 1. The van der Waals surface area contributed by atoms with Gasteiger partial charge in [0.15, 0.2) is 0 Å². The Balaban J connectivity index is 1.81. The molecule has 1 aromatic heterocycles. The monoisotopic (exact) mass is 248 g/mol. The van der Waals surface area contributed by atoms with Crippen molar-refractivity contribution in [3.05, 3.63) is 21.9 Å². The molecule has 0 unspecified atom stereocenters. The zero-order valence-electron chi connectivity index (χ0n) is 10.5. The SMILES string of the molecule is CCC1(CNCc2ccc(C#N)s2)CCCC1. The number of nitrogens with zero attached hydrogens (tertiary/aromatic N) is 1. The number of nitrogens with one attached hydrogen (secondary N) is 1. The first kappa shape index (κ1) is 12.6. The van der Waals surface area contributed by atoms with E-state index in [9.17, 15) is 0 Å². The van der Waals surface area contributed by atoms with Gasteiger partial charge in [-0.3, -0.25) is 0 Å². The average molecular weight is 248 g/mol. The number of hydrogen-bond donors (Lipinski definition) is 1. The van der Waals surface area contributed by atoms with Gasteiger partial charge < -0.3 is 5.32 Å². The maximum atomic E-state index is 8.77. The lowest BCUT2D eigenvalue weighted by Crippen LogP contribution is -2.31. The van der Waals surface area contributed by atoms with Crippen LogP contribution in [0.15, 0.2) is 12.1 Å². The van der Waals surface area contributed by atoms with E-state index in [1.54, 1.807) is 11.3 Å². The highest BCUT2D eigenvalue weighted by molar-refractivity contribution is 7.12. The van der Waals surface area contributed by atoms with Crippen molar-refractivity contribution in [1.29, 1.82) is 5.26 Å². The highest BCUT2D eigenvalue weighted by Crippen LogP contribution is 2.40. The van der Waals surface area contributed by atoms with Crippen molar-refractivity contribution in [1.82, 2.24) is 5.32 Å². The molecule has 0 spiro atoms. The molecule has 1 fully saturated rings. The molecule has 2 rings (SSSR count). The van der Waals surface area contributed by atoms with E-state index < -0.39 is 0 Å². The summed E-state index contributed by atoms with van der Waals surface area (Å²) in [5.74, 6) is 0. The number of rotatable bonds is 5. The summed E-state index contributed by atoms with van der Waals surface area (Å²) in [5, 5.41) is 12.3. The smallest absolute Gasteiger partial charge is 0.110 e. The van der Waals surface area contributed by atoms with Crippen molar-refractivity contribution in [3.8, 4) is 6.07 Å². The molecule has 0 aromatic carbocycles. The first-order valence-electron chi connectivity index (χ1n) is 6.47. The highest BCUT2D eigenvalue weighted by atomic mass is 32.1. The third kappa shape index (κ3) is 3.08. The lowest BCUT2D eigenvalue weighted by molar-refractivity contribution is 0.268. The minimum Gasteiger partial charge on any atom is -0.311 e. The Hall–Kier alpha value is -0.850. The van der Waals surface area contributed by atoms with Gasteiger partial charge in [0, 0.05) is 18.0 Å². The Kier molecular flexibility index (Phi) is 4.20. The van der Waals surface area contributed by atoms with E-state index in [-0.39, 0.29) is 0 Å². The van der Waals surface area contributed by atoms with Crippen LogP contribution in [0, 0.1) is 16.7 Å². The van der Waals surface area contributed by atoms with Gasteiger partial charge in [-0.2, -0.15) is 5.26 Å². The fraction of sp³-hybridized carbons (Fsp3) is 0.643. The predicted octanol–water partition coefficient (Wildman–Crippen LogP) is 3.68. The van der Waals surface area contributed by atoms with Gasteiger partial charge in [-0.25, -0.2) is 0 Å². The van der Waals surface area contributed by atoms with Crippen molar-refractivity contribution >= 4 is 11.3 Å². The summed E-state index contributed by atoms with van der Waals surface area (Å²) in [6.45, 7) is 4.35. The molecule has 1 aliphatic carbocycles. The molecule has 1 aliphatic rings. The Morgan fingerprint density at radius 1 is 1.41 bits per heavy atom. The minimum absolute atomic E-state index is 0.551. The average Bonchev–Trinajstić information content (AvgIpc) is 2.98. The highest BCUT2D eigenvalue weighted by Gasteiger charge is 2.31. The molecule has 1 heterocycles. The van der Waals surface area contributed by atoms with Crippen LogP contribution in [0.4, 0.5) is 0 Å². The second-order valence-electron chi connectivity index (χ2n) is 5.04. The summed E-state index contributed by atoms with van der Waals surface area (Å²) in [7, 11) is 0. The summed E-state index contributed by atoms with van der Waals surface area (Å²) in [4.78, 5) is 2.08. The molecule has 0 bridgehead atoms. The molecular weight excluding hydrogens is 228 g/mol. The van der Waals surface area contributed by atoms with Crippen LogP contribution in [-0.2, 0) is 6.54 Å². The molecule has 17 heavy (non-hydrogen) atoms. The van der Waals surface area contributed by atoms with E-state index in [1.165, 1.54) is 37.0 Å². The molecule has 92 valence electrons. The molecule has 3 heteroatoms. The van der Waals surface area contributed by atoms with Crippen LogP contribution < -0.4 is 5.32 Å². The van der Waals surface area contributed by atoms with Crippen LogP contribution in [0.5, 0.6) is 0 Å². The van der Waals surface area contributed by atoms with Crippen molar-refractivity contribution in [2.75, 3.05) is 6.54 Å². The normalized spacial score (nSPS) is 18.1. The molecule has 2 nitrogen and oxygen atoms in total. The van der Waals surface area contributed by atoms with Crippen LogP contribution in [0.1, 0.15) is 48.8 Å². The Morgan fingerprint density at radius 3 is 2.76 bits per heavy atom. The van der Waals surface area contributed by atoms with Gasteiger partial charge >= 0.3 is 0 Å². The quantitative estimate of drug-likeness (QED) is 0.863. The molecule has 1 N–H and O–H groups in total. The molecule has 0 saturated heterocycles. The predicted molar refractivity (Wildman–Crippen MR) is 71.9 cm³/mol. The summed E-state index contributed by atoms with van der Waals surface area (Å²) in [5.41, 5.74) is 0.551. The molecule has 0 aliphatic heterocycles. The summed E-state index contributed by atoms with van der Waals surface area (Å²) in [6.07, 6.45) is 6.84. The second kappa shape index (κ2) is 5.66. The van der Waals surface area contributed by atoms with E-state index in [2.05, 4.69) is 24.4 Å². The third-order valence-electron chi connectivity index (χ3n) is 3.99. The summed E-state index contributed by atoms with van der Waals surface area (Å²) in [6, 6.07) is 6.16. The molecule has 0 amide bonds. The van der Waals surface area contributed by atoms with Gasteiger partial charge in [0.05, 0.1) is 0 Å². The van der Waals surface area contributed by atoms with Gasteiger partial charge in [0.2, 0.25) is 0 Å². The molecule has 1 aromatic rings. The van der Waals surface area contributed by atoms with Crippen LogP contribution in [0.3, 0.4) is 0 Å². The minimum atomic E-state index is 0.551. The van der Waals surface area contributed by atoms with Gasteiger partial charge in [0.1, 0.15) is 10.9 Å². The summed E-state index contributed by atoms with van der Waals surface area (Å²) < 4.78 is 0. The fourth-order valence-electron chi connectivity index (χ4n) is 2.76. The topological polar surface area (TPSA) is 35.8 Å². The van der Waals surface area contributed by atoms with E-state index in [0.29, 0.717) is 5.41 Å². The van der Waals surface area contributed by atoms with Gasteiger partial charge in [-0.1, -0.05) is 19.8 Å². The fourth-order valence-corrected chi connectivity index (χ4v) is 3.54. The van der Waals surface area contributed by atoms with Gasteiger partial charge in [-0.15, -0.1) is 11.3 Å². The van der Waals surface area contributed by atoms with Gasteiger partial charge in [-0.05, 0) is 36.8 Å². The lowest BCUT2D eigenvalue weighted by Gasteiger charge is -2.27. The molecule has 0 radical (unpaired) electrons. The maximum Gasteiger partial charge on any atom is 0.110 e. The van der Waals surface area contributed by atoms with E-state index >= 15 is 0 Å². The lowest BCUT2D eigenvalue weighted by atomic mass is 9.83. The Labute approximate surface area is 108 Å². The molecule has 0 atom stereocenters. The maximum absolute atomic E-state index is 8.77.